The van der Waals surface area contributed by atoms with Crippen molar-refractivity contribution in [2.24, 2.45) is 0 Å². The van der Waals surface area contributed by atoms with Gasteiger partial charge in [-0.15, -0.1) is 0 Å². The highest BCUT2D eigenvalue weighted by Gasteiger charge is 2.35. The van der Waals surface area contributed by atoms with Crippen LogP contribution in [0.2, 0.25) is 5.02 Å². The molecular weight excluding hydrogens is 258 g/mol. The normalized spacial score (nSPS) is 17.1. The van der Waals surface area contributed by atoms with Gasteiger partial charge in [-0.2, -0.15) is 0 Å². The Morgan fingerprint density at radius 1 is 1.32 bits per heavy atom. The summed E-state index contributed by atoms with van der Waals surface area (Å²) in [4.78, 5) is 0. The molecule has 0 bridgehead atoms. The van der Waals surface area contributed by atoms with E-state index in [1.165, 1.54) is 5.56 Å². The molecule has 2 rings (SSSR count). The van der Waals surface area contributed by atoms with E-state index in [0.717, 1.165) is 30.2 Å². The van der Waals surface area contributed by atoms with E-state index in [0.29, 0.717) is 6.04 Å². The van der Waals surface area contributed by atoms with Crippen LogP contribution in [-0.4, -0.2) is 19.7 Å². The van der Waals surface area contributed by atoms with Crippen molar-refractivity contribution in [2.45, 2.75) is 38.1 Å². The van der Waals surface area contributed by atoms with Crippen molar-refractivity contribution in [3.63, 3.8) is 0 Å². The Kier molecular flexibility index (Phi) is 4.54. The largest absolute Gasteiger partial charge is 0.496 e. The van der Waals surface area contributed by atoms with Gasteiger partial charge in [0.2, 0.25) is 0 Å². The van der Waals surface area contributed by atoms with Crippen LogP contribution < -0.4 is 10.1 Å². The first kappa shape index (κ1) is 14.4. The molecule has 0 amide bonds. The van der Waals surface area contributed by atoms with Crippen LogP contribution in [-0.2, 0) is 5.41 Å². The van der Waals surface area contributed by atoms with E-state index in [9.17, 15) is 0 Å². The molecule has 0 saturated carbocycles. The van der Waals surface area contributed by atoms with E-state index < -0.39 is 0 Å². The molecule has 2 nitrogen and oxygen atoms in total. The minimum Gasteiger partial charge on any atom is -0.496 e. The number of allylic oxidation sites excluding steroid dienone is 2. The van der Waals surface area contributed by atoms with Gasteiger partial charge in [0.25, 0.3) is 0 Å². The van der Waals surface area contributed by atoms with Gasteiger partial charge < -0.3 is 10.1 Å². The van der Waals surface area contributed by atoms with E-state index >= 15 is 0 Å². The van der Waals surface area contributed by atoms with Crippen LogP contribution in [0.1, 0.15) is 32.3 Å². The summed E-state index contributed by atoms with van der Waals surface area (Å²) in [6.45, 7) is 5.28. The van der Waals surface area contributed by atoms with Gasteiger partial charge in [0.05, 0.1) is 7.11 Å². The molecule has 0 radical (unpaired) electrons. The molecule has 104 valence electrons. The number of hydrogen-bond donors (Lipinski definition) is 1. The van der Waals surface area contributed by atoms with Crippen LogP contribution >= 0.6 is 11.6 Å². The molecule has 0 fully saturated rings. The Hall–Kier alpha value is -0.990. The zero-order chi connectivity index (χ0) is 13.9. The van der Waals surface area contributed by atoms with Gasteiger partial charge in [0, 0.05) is 28.6 Å². The second kappa shape index (κ2) is 5.98. The van der Waals surface area contributed by atoms with E-state index in [4.69, 9.17) is 16.3 Å². The summed E-state index contributed by atoms with van der Waals surface area (Å²) >= 11 is 6.18. The van der Waals surface area contributed by atoms with Gasteiger partial charge in [0.15, 0.2) is 0 Å². The van der Waals surface area contributed by atoms with Crippen molar-refractivity contribution >= 4 is 11.6 Å². The van der Waals surface area contributed by atoms with E-state index in [1.807, 2.05) is 12.1 Å². The van der Waals surface area contributed by atoms with Gasteiger partial charge in [-0.1, -0.05) is 37.6 Å². The molecule has 0 unspecified atom stereocenters. The molecule has 0 aromatic heterocycles. The van der Waals surface area contributed by atoms with Crippen molar-refractivity contribution in [1.82, 2.24) is 5.32 Å². The summed E-state index contributed by atoms with van der Waals surface area (Å²) in [5.41, 5.74) is 1.28. The molecule has 0 atom stereocenters. The van der Waals surface area contributed by atoms with Crippen LogP contribution in [0.5, 0.6) is 5.75 Å². The highest BCUT2D eigenvalue weighted by atomic mass is 35.5. The lowest BCUT2D eigenvalue weighted by atomic mass is 9.77. The smallest absolute Gasteiger partial charge is 0.122 e. The number of rotatable bonds is 5. The molecule has 0 spiro atoms. The van der Waals surface area contributed by atoms with Gasteiger partial charge in [-0.05, 0) is 31.0 Å². The SMILES string of the molecule is COc1ccc(Cl)cc1C1(CNC(C)C)CC=CC1. The van der Waals surface area contributed by atoms with Gasteiger partial charge in [-0.3, -0.25) is 0 Å². The predicted octanol–water partition coefficient (Wildman–Crippen LogP) is 3.93. The molecule has 1 aliphatic carbocycles. The third kappa shape index (κ3) is 3.13. The zero-order valence-electron chi connectivity index (χ0n) is 11.9. The Bertz CT molecular complexity index is 460. The Morgan fingerprint density at radius 2 is 2.00 bits per heavy atom. The predicted molar refractivity (Wildman–Crippen MR) is 81.2 cm³/mol. The third-order valence-corrected chi connectivity index (χ3v) is 4.00. The lowest BCUT2D eigenvalue weighted by molar-refractivity contribution is 0.360. The molecule has 3 heteroatoms. The first-order valence-corrected chi connectivity index (χ1v) is 7.17. The molecule has 0 aliphatic heterocycles. The van der Waals surface area contributed by atoms with Crippen molar-refractivity contribution in [2.75, 3.05) is 13.7 Å². The number of benzene rings is 1. The highest BCUT2D eigenvalue weighted by molar-refractivity contribution is 6.30. The number of ether oxygens (including phenoxy) is 1. The number of halogens is 1. The lowest BCUT2D eigenvalue weighted by Crippen LogP contribution is -2.39. The maximum Gasteiger partial charge on any atom is 0.122 e. The summed E-state index contributed by atoms with van der Waals surface area (Å²) in [6, 6.07) is 6.38. The quantitative estimate of drug-likeness (QED) is 0.825. The van der Waals surface area contributed by atoms with Crippen LogP contribution in [0.25, 0.3) is 0 Å². The Labute approximate surface area is 120 Å². The van der Waals surface area contributed by atoms with Crippen molar-refractivity contribution in [3.05, 3.63) is 40.9 Å². The van der Waals surface area contributed by atoms with Gasteiger partial charge in [0.1, 0.15) is 5.75 Å². The zero-order valence-corrected chi connectivity index (χ0v) is 12.6. The number of hydrogen-bond acceptors (Lipinski definition) is 2. The van der Waals surface area contributed by atoms with Crippen LogP contribution in [0.15, 0.2) is 30.4 Å². The highest BCUT2D eigenvalue weighted by Crippen LogP contribution is 2.42. The minimum absolute atomic E-state index is 0.0700. The summed E-state index contributed by atoms with van der Waals surface area (Å²) in [6.07, 6.45) is 6.57. The molecular formula is C16H22ClNO. The van der Waals surface area contributed by atoms with E-state index in [-0.39, 0.29) is 5.41 Å². The van der Waals surface area contributed by atoms with Crippen LogP contribution in [0.3, 0.4) is 0 Å². The van der Waals surface area contributed by atoms with Gasteiger partial charge >= 0.3 is 0 Å². The Balaban J connectivity index is 2.35. The fourth-order valence-corrected chi connectivity index (χ4v) is 2.83. The third-order valence-electron chi connectivity index (χ3n) is 3.77. The lowest BCUT2D eigenvalue weighted by Gasteiger charge is -2.32. The van der Waals surface area contributed by atoms with Crippen LogP contribution in [0, 0.1) is 0 Å². The standard InChI is InChI=1S/C16H22ClNO/c1-12(2)18-11-16(8-4-5-9-16)14-10-13(17)6-7-15(14)19-3/h4-7,10,12,18H,8-9,11H2,1-3H3. The fourth-order valence-electron chi connectivity index (χ4n) is 2.65. The molecule has 1 aliphatic rings. The monoisotopic (exact) mass is 279 g/mol. The first-order chi connectivity index (χ1) is 9.07. The van der Waals surface area contributed by atoms with Crippen molar-refractivity contribution in [3.8, 4) is 5.75 Å². The average molecular weight is 280 g/mol. The Morgan fingerprint density at radius 3 is 2.58 bits per heavy atom. The number of methoxy groups -OCH3 is 1. The van der Waals surface area contributed by atoms with E-state index in [2.05, 4.69) is 37.4 Å². The summed E-state index contributed by atoms with van der Waals surface area (Å²) in [5.74, 6) is 0.929. The van der Waals surface area contributed by atoms with Gasteiger partial charge in [-0.25, -0.2) is 0 Å². The molecule has 0 heterocycles. The second-order valence-corrected chi connectivity index (χ2v) is 5.98. The molecule has 1 aromatic rings. The molecule has 19 heavy (non-hydrogen) atoms. The fraction of sp³-hybridized carbons (Fsp3) is 0.500. The molecule has 1 N–H and O–H groups in total. The molecule has 0 saturated heterocycles. The van der Waals surface area contributed by atoms with Crippen molar-refractivity contribution in [1.29, 1.82) is 0 Å². The second-order valence-electron chi connectivity index (χ2n) is 5.54. The van der Waals surface area contributed by atoms with Crippen molar-refractivity contribution < 1.29 is 4.74 Å². The topological polar surface area (TPSA) is 21.3 Å². The molecule has 1 aromatic carbocycles. The maximum atomic E-state index is 6.18. The van der Waals surface area contributed by atoms with Crippen LogP contribution in [0.4, 0.5) is 0 Å². The average Bonchev–Trinajstić information content (AvgIpc) is 2.86. The minimum atomic E-state index is 0.0700. The maximum absolute atomic E-state index is 6.18. The number of nitrogens with one attached hydrogen (secondary N) is 1. The first-order valence-electron chi connectivity index (χ1n) is 6.80. The summed E-state index contributed by atoms with van der Waals surface area (Å²) in [7, 11) is 1.72. The summed E-state index contributed by atoms with van der Waals surface area (Å²) in [5, 5.41) is 4.33. The summed E-state index contributed by atoms with van der Waals surface area (Å²) < 4.78 is 5.53. The van der Waals surface area contributed by atoms with E-state index in [1.54, 1.807) is 7.11 Å².